The fourth-order valence-electron chi connectivity index (χ4n) is 3.54. The Morgan fingerprint density at radius 1 is 1.22 bits per heavy atom. The van der Waals surface area contributed by atoms with Crippen LogP contribution >= 0.6 is 0 Å². The average Bonchev–Trinajstić information content (AvgIpc) is 3.49. The Labute approximate surface area is 188 Å². The lowest BCUT2D eigenvalue weighted by Crippen LogP contribution is -2.37. The van der Waals surface area contributed by atoms with E-state index < -0.39 is 0 Å². The molecule has 2 aromatic carbocycles. The molecule has 0 bridgehead atoms. The summed E-state index contributed by atoms with van der Waals surface area (Å²) in [4.78, 5) is 4.78. The Kier molecular flexibility index (Phi) is 7.34. The van der Waals surface area contributed by atoms with Crippen molar-refractivity contribution in [2.24, 2.45) is 4.99 Å². The third kappa shape index (κ3) is 5.64. The molecule has 1 saturated heterocycles. The zero-order valence-corrected chi connectivity index (χ0v) is 18.6. The number of para-hydroxylation sites is 1. The van der Waals surface area contributed by atoms with E-state index in [2.05, 4.69) is 46.0 Å². The highest BCUT2D eigenvalue weighted by Gasteiger charge is 2.18. The highest BCUT2D eigenvalue weighted by Crippen LogP contribution is 2.24. The summed E-state index contributed by atoms with van der Waals surface area (Å²) in [5.74, 6) is 2.40. The molecule has 0 amide bonds. The first-order chi connectivity index (χ1) is 15.7. The SMILES string of the molecule is CCNC(=NCc1ccc(C)cc1OC1CCOC1)NCc1nncn1-c1ccccc1. The molecule has 1 aliphatic heterocycles. The Balaban J connectivity index is 1.45. The van der Waals surface area contributed by atoms with Gasteiger partial charge in [-0.25, -0.2) is 4.99 Å². The van der Waals surface area contributed by atoms with Gasteiger partial charge in [-0.3, -0.25) is 4.57 Å². The lowest BCUT2D eigenvalue weighted by Gasteiger charge is -2.16. The summed E-state index contributed by atoms with van der Waals surface area (Å²) in [5, 5.41) is 15.0. The molecule has 1 atom stereocenters. The number of hydrogen-bond acceptors (Lipinski definition) is 5. The van der Waals surface area contributed by atoms with Crippen LogP contribution in [0.2, 0.25) is 0 Å². The molecule has 2 heterocycles. The maximum atomic E-state index is 6.21. The fourth-order valence-corrected chi connectivity index (χ4v) is 3.54. The van der Waals surface area contributed by atoms with Gasteiger partial charge in [0.2, 0.25) is 0 Å². The molecule has 0 aliphatic carbocycles. The molecule has 1 aliphatic rings. The highest BCUT2D eigenvalue weighted by atomic mass is 16.5. The summed E-state index contributed by atoms with van der Waals surface area (Å²) >= 11 is 0. The van der Waals surface area contributed by atoms with Gasteiger partial charge in [-0.1, -0.05) is 30.3 Å². The number of guanidine groups is 1. The molecule has 1 unspecified atom stereocenters. The van der Waals surface area contributed by atoms with E-state index in [1.807, 2.05) is 41.8 Å². The first kappa shape index (κ1) is 21.8. The van der Waals surface area contributed by atoms with Gasteiger partial charge in [-0.15, -0.1) is 10.2 Å². The summed E-state index contributed by atoms with van der Waals surface area (Å²) < 4.78 is 13.6. The molecule has 0 spiro atoms. The predicted molar refractivity (Wildman–Crippen MR) is 124 cm³/mol. The van der Waals surface area contributed by atoms with Crippen LogP contribution < -0.4 is 15.4 Å². The molecule has 8 nitrogen and oxygen atoms in total. The van der Waals surface area contributed by atoms with Crippen molar-refractivity contribution in [1.82, 2.24) is 25.4 Å². The van der Waals surface area contributed by atoms with Crippen molar-refractivity contribution >= 4 is 5.96 Å². The zero-order valence-electron chi connectivity index (χ0n) is 18.6. The van der Waals surface area contributed by atoms with E-state index in [1.54, 1.807) is 6.33 Å². The second-order valence-electron chi connectivity index (χ2n) is 7.72. The second kappa shape index (κ2) is 10.8. The molecule has 2 N–H and O–H groups in total. The third-order valence-corrected chi connectivity index (χ3v) is 5.22. The first-order valence-corrected chi connectivity index (χ1v) is 11.0. The topological polar surface area (TPSA) is 85.6 Å². The minimum absolute atomic E-state index is 0.107. The molecular formula is C24H30N6O2. The van der Waals surface area contributed by atoms with Gasteiger partial charge >= 0.3 is 0 Å². The van der Waals surface area contributed by atoms with Crippen molar-refractivity contribution in [3.8, 4) is 11.4 Å². The van der Waals surface area contributed by atoms with Crippen molar-refractivity contribution in [2.45, 2.75) is 39.5 Å². The van der Waals surface area contributed by atoms with Crippen LogP contribution in [-0.2, 0) is 17.8 Å². The van der Waals surface area contributed by atoms with E-state index in [4.69, 9.17) is 14.5 Å². The van der Waals surface area contributed by atoms with Crippen molar-refractivity contribution in [3.05, 3.63) is 71.8 Å². The quantitative estimate of drug-likeness (QED) is 0.419. The molecule has 1 fully saturated rings. The maximum Gasteiger partial charge on any atom is 0.191 e. The van der Waals surface area contributed by atoms with Crippen LogP contribution in [-0.4, -0.2) is 46.6 Å². The fraction of sp³-hybridized carbons (Fsp3) is 0.375. The lowest BCUT2D eigenvalue weighted by atomic mass is 10.1. The van der Waals surface area contributed by atoms with E-state index >= 15 is 0 Å². The summed E-state index contributed by atoms with van der Waals surface area (Å²) in [6.45, 7) is 7.27. The molecule has 8 heteroatoms. The predicted octanol–water partition coefficient (Wildman–Crippen LogP) is 3.00. The van der Waals surface area contributed by atoms with Gasteiger partial charge in [-0.2, -0.15) is 0 Å². The largest absolute Gasteiger partial charge is 0.488 e. The standard InChI is InChI=1S/C24H30N6O2/c1-3-25-24(27-15-23-29-28-17-30(23)20-7-5-4-6-8-20)26-14-19-10-9-18(2)13-22(19)32-21-11-12-31-16-21/h4-10,13,17,21H,3,11-12,14-16H2,1-2H3,(H2,25,26,27). The van der Waals surface area contributed by atoms with Gasteiger partial charge in [0.1, 0.15) is 18.2 Å². The van der Waals surface area contributed by atoms with Crippen molar-refractivity contribution in [3.63, 3.8) is 0 Å². The number of aryl methyl sites for hydroxylation is 1. The van der Waals surface area contributed by atoms with Crippen molar-refractivity contribution < 1.29 is 9.47 Å². The molecule has 1 aromatic heterocycles. The molecule has 0 radical (unpaired) electrons. The van der Waals surface area contributed by atoms with Crippen LogP contribution in [0.3, 0.4) is 0 Å². The summed E-state index contributed by atoms with van der Waals surface area (Å²) in [6.07, 6.45) is 2.75. The van der Waals surface area contributed by atoms with E-state index in [1.165, 1.54) is 0 Å². The number of hydrogen-bond donors (Lipinski definition) is 2. The third-order valence-electron chi connectivity index (χ3n) is 5.22. The van der Waals surface area contributed by atoms with Gasteiger partial charge in [0.05, 0.1) is 26.3 Å². The molecule has 32 heavy (non-hydrogen) atoms. The molecule has 168 valence electrons. The number of nitrogens with zero attached hydrogens (tertiary/aromatic N) is 4. The van der Waals surface area contributed by atoms with Crippen LogP contribution in [0.4, 0.5) is 0 Å². The summed E-state index contributed by atoms with van der Waals surface area (Å²) in [7, 11) is 0. The summed E-state index contributed by atoms with van der Waals surface area (Å²) in [6, 6.07) is 16.3. The van der Waals surface area contributed by atoms with Gasteiger partial charge in [0, 0.05) is 24.2 Å². The van der Waals surface area contributed by atoms with Gasteiger partial charge in [-0.05, 0) is 37.6 Å². The number of ether oxygens (including phenoxy) is 2. The van der Waals surface area contributed by atoms with Gasteiger partial charge < -0.3 is 20.1 Å². The van der Waals surface area contributed by atoms with Gasteiger partial charge in [0.25, 0.3) is 0 Å². The second-order valence-corrected chi connectivity index (χ2v) is 7.72. The Bertz CT molecular complexity index is 1030. The van der Waals surface area contributed by atoms with Gasteiger partial charge in [0.15, 0.2) is 11.8 Å². The van der Waals surface area contributed by atoms with Crippen molar-refractivity contribution in [2.75, 3.05) is 19.8 Å². The first-order valence-electron chi connectivity index (χ1n) is 11.0. The van der Waals surface area contributed by atoms with Crippen LogP contribution in [0.25, 0.3) is 5.69 Å². The highest BCUT2D eigenvalue weighted by molar-refractivity contribution is 5.79. The van der Waals surface area contributed by atoms with Crippen LogP contribution in [0.15, 0.2) is 59.9 Å². The van der Waals surface area contributed by atoms with E-state index in [-0.39, 0.29) is 6.10 Å². The number of aliphatic imine (C=N–C) groups is 1. The number of nitrogens with one attached hydrogen (secondary N) is 2. The minimum atomic E-state index is 0.107. The van der Waals surface area contributed by atoms with Crippen LogP contribution in [0, 0.1) is 6.92 Å². The van der Waals surface area contributed by atoms with Crippen molar-refractivity contribution in [1.29, 1.82) is 0 Å². The normalized spacial score (nSPS) is 16.2. The summed E-state index contributed by atoms with van der Waals surface area (Å²) in [5.41, 5.74) is 3.23. The molecule has 0 saturated carbocycles. The zero-order chi connectivity index (χ0) is 22.2. The van der Waals surface area contributed by atoms with E-state index in [0.717, 1.165) is 48.0 Å². The number of benzene rings is 2. The lowest BCUT2D eigenvalue weighted by molar-refractivity contribution is 0.140. The minimum Gasteiger partial charge on any atom is -0.488 e. The Hall–Kier alpha value is -3.39. The average molecular weight is 435 g/mol. The maximum absolute atomic E-state index is 6.21. The number of aromatic nitrogens is 3. The Morgan fingerprint density at radius 2 is 2.09 bits per heavy atom. The smallest absolute Gasteiger partial charge is 0.191 e. The Morgan fingerprint density at radius 3 is 2.88 bits per heavy atom. The van der Waals surface area contributed by atoms with Crippen LogP contribution in [0.1, 0.15) is 30.3 Å². The van der Waals surface area contributed by atoms with E-state index in [9.17, 15) is 0 Å². The molecule has 4 rings (SSSR count). The molecule has 3 aromatic rings. The van der Waals surface area contributed by atoms with Crippen LogP contribution in [0.5, 0.6) is 5.75 Å². The monoisotopic (exact) mass is 434 g/mol. The molecular weight excluding hydrogens is 404 g/mol. The number of rotatable bonds is 8. The van der Waals surface area contributed by atoms with E-state index in [0.29, 0.717) is 25.7 Å².